The van der Waals surface area contributed by atoms with Gasteiger partial charge in [0.15, 0.2) is 0 Å². The van der Waals surface area contributed by atoms with Gasteiger partial charge in [-0.1, -0.05) is 126 Å². The topological polar surface area (TPSA) is 406 Å². The summed E-state index contributed by atoms with van der Waals surface area (Å²) in [7, 11) is 7.94. The zero-order valence-electron chi connectivity index (χ0n) is 70.9. The molecule has 122 heavy (non-hydrogen) atoms. The van der Waals surface area contributed by atoms with Crippen molar-refractivity contribution in [2.24, 2.45) is 28.6 Å². The number of amides is 2. The van der Waals surface area contributed by atoms with Gasteiger partial charge >= 0.3 is 81.0 Å². The Hall–Kier alpha value is -8.64. The molecule has 3 aromatic heterocycles. The van der Waals surface area contributed by atoms with E-state index in [1.165, 1.54) is 42.7 Å². The van der Waals surface area contributed by atoms with Gasteiger partial charge < -0.3 is 63.5 Å². The Bertz CT molecular complexity index is 4740. The fourth-order valence-corrected chi connectivity index (χ4v) is 13.1. The number of carboxylic acids is 1. The van der Waals surface area contributed by atoms with Gasteiger partial charge in [-0.2, -0.15) is 0 Å². The average Bonchev–Trinajstić information content (AvgIpc) is 0.912. The second kappa shape index (κ2) is 56.3. The molecular formula is C82H104Cl7CuIN13O18. The molecule has 7 aromatic rings. The summed E-state index contributed by atoms with van der Waals surface area (Å²) in [6.07, 6.45) is 18.2. The van der Waals surface area contributed by atoms with Gasteiger partial charge in [0.05, 0.1) is 125 Å². The third-order valence-electron chi connectivity index (χ3n) is 17.3. The fourth-order valence-electron chi connectivity index (χ4n) is 10.9. The number of furan rings is 1. The van der Waals surface area contributed by atoms with E-state index in [4.69, 9.17) is 117 Å². The molecule has 40 heteroatoms. The summed E-state index contributed by atoms with van der Waals surface area (Å²) in [6, 6.07) is 12.3. The Morgan fingerprint density at radius 1 is 0.623 bits per heavy atom. The van der Waals surface area contributed by atoms with Gasteiger partial charge in [-0.05, 0) is 150 Å². The first-order chi connectivity index (χ1) is 57.0. The number of nitrogens with two attached hydrogens (primary N) is 1. The molecule has 0 bridgehead atoms. The van der Waals surface area contributed by atoms with Gasteiger partial charge in [-0.25, -0.2) is 28.5 Å². The van der Waals surface area contributed by atoms with Crippen LogP contribution in [0.5, 0.6) is 0 Å². The number of nitrogens with one attached hydrogen (secondary N) is 1. The molecule has 10 rings (SSSR count). The van der Waals surface area contributed by atoms with Crippen molar-refractivity contribution in [2.75, 3.05) is 62.3 Å². The molecule has 0 unspecified atom stereocenters. The number of halogens is 8. The number of fused-ring (bicyclic) bond motifs is 4. The van der Waals surface area contributed by atoms with Crippen LogP contribution in [-0.2, 0) is 117 Å². The van der Waals surface area contributed by atoms with E-state index in [9.17, 15) is 43.2 Å². The first kappa shape index (κ1) is 111. The molecule has 2 amide bonds. The number of carbonyl (C=O) groups excluding carboxylic acids is 8. The molecular weight excluding hydrogens is 1890 g/mol. The van der Waals surface area contributed by atoms with E-state index >= 15 is 0 Å². The van der Waals surface area contributed by atoms with Gasteiger partial charge in [0.2, 0.25) is 0 Å². The molecule has 4 aromatic carbocycles. The monoisotopic (exact) mass is 1990 g/mol. The summed E-state index contributed by atoms with van der Waals surface area (Å²) in [5.41, 5.74) is 21.4. The predicted octanol–water partition coefficient (Wildman–Crippen LogP) is 16.9. The fraction of sp³-hybridized carbons (Fsp3) is 0.476. The Morgan fingerprint density at radius 3 is 1.44 bits per heavy atom. The van der Waals surface area contributed by atoms with Crippen molar-refractivity contribution in [2.45, 2.75) is 177 Å². The summed E-state index contributed by atoms with van der Waals surface area (Å²) in [5.74, 6) is 0.457. The van der Waals surface area contributed by atoms with E-state index in [-0.39, 0.29) is 87.0 Å². The van der Waals surface area contributed by atoms with Gasteiger partial charge in [-0.3, -0.25) is 24.0 Å². The molecule has 0 saturated heterocycles. The van der Waals surface area contributed by atoms with Crippen LogP contribution in [0.25, 0.3) is 21.4 Å². The van der Waals surface area contributed by atoms with E-state index < -0.39 is 47.4 Å². The second-order valence-electron chi connectivity index (χ2n) is 28.6. The molecule has 6 heterocycles. The van der Waals surface area contributed by atoms with E-state index in [0.717, 1.165) is 64.0 Å². The Kier molecular flexibility index (Phi) is 51.4. The van der Waals surface area contributed by atoms with Crippen LogP contribution in [-0.4, -0.2) is 179 Å². The van der Waals surface area contributed by atoms with Crippen LogP contribution in [0, 0.1) is 42.4 Å². The van der Waals surface area contributed by atoms with Crippen molar-refractivity contribution in [3.63, 3.8) is 0 Å². The number of terminal acetylenes is 2. The van der Waals surface area contributed by atoms with E-state index in [1.807, 2.05) is 87.6 Å². The van der Waals surface area contributed by atoms with E-state index in [0.29, 0.717) is 108 Å². The first-order valence-electron chi connectivity index (χ1n) is 37.3. The normalized spacial score (nSPS) is 12.8. The van der Waals surface area contributed by atoms with Crippen molar-refractivity contribution in [3.05, 3.63) is 169 Å². The van der Waals surface area contributed by atoms with Crippen LogP contribution in [0.15, 0.2) is 70.7 Å². The maximum atomic E-state index is 12.9. The molecule has 672 valence electrons. The zero-order valence-corrected chi connectivity index (χ0v) is 79.4. The summed E-state index contributed by atoms with van der Waals surface area (Å²) in [5, 5.41) is 33.3. The van der Waals surface area contributed by atoms with Crippen LogP contribution in [0.2, 0.25) is 30.1 Å². The summed E-state index contributed by atoms with van der Waals surface area (Å²) in [4.78, 5) is 109. The van der Waals surface area contributed by atoms with Crippen LogP contribution >= 0.6 is 102 Å². The van der Waals surface area contributed by atoms with Gasteiger partial charge in [0.25, 0.3) is 5.91 Å². The van der Waals surface area contributed by atoms with Crippen LogP contribution in [0.1, 0.15) is 194 Å². The quantitative estimate of drug-likeness (QED) is 0.0111. The number of benzene rings is 4. The molecule has 0 fully saturated rings. The van der Waals surface area contributed by atoms with Gasteiger partial charge in [0.1, 0.15) is 17.2 Å². The Labute approximate surface area is 766 Å². The Balaban J connectivity index is 0.000000721. The minimum absolute atomic E-state index is 0. The molecule has 4 atom stereocenters. The average molecular weight is 2000 g/mol. The molecule has 0 aliphatic carbocycles. The maximum absolute atomic E-state index is 12.9. The summed E-state index contributed by atoms with van der Waals surface area (Å²) in [6.45, 7) is 25.6. The van der Waals surface area contributed by atoms with Crippen molar-refractivity contribution in [3.8, 4) is 24.7 Å². The third kappa shape index (κ3) is 35.5. The number of hydrogen-bond donors (Lipinski definition) is 3. The van der Waals surface area contributed by atoms with Gasteiger partial charge in [-0.15, -0.1) is 47.3 Å². The van der Waals surface area contributed by atoms with Crippen molar-refractivity contribution < 1.29 is 98.6 Å². The number of aliphatic carboxylic acids is 1. The number of azide groups is 1. The molecule has 0 saturated carbocycles. The number of ether oxygens (including phenoxy) is 7. The number of rotatable bonds is 17. The van der Waals surface area contributed by atoms with E-state index in [2.05, 4.69) is 79.5 Å². The number of nitrogens with zero attached hydrogens (tertiary/aromatic N) is 11. The number of esters is 6. The second-order valence-corrected chi connectivity index (χ2v) is 30.9. The van der Waals surface area contributed by atoms with Crippen molar-refractivity contribution in [1.29, 1.82) is 0 Å². The number of carboxylic acid groups (broad SMARTS) is 1. The Morgan fingerprint density at radius 2 is 1.05 bits per heavy atom. The number of carbonyl (C=O) groups is 9. The summed E-state index contributed by atoms with van der Waals surface area (Å²) >= 11 is 43.2. The molecule has 4 N–H and O–H groups in total. The van der Waals surface area contributed by atoms with Crippen LogP contribution in [0.3, 0.4) is 0 Å². The van der Waals surface area contributed by atoms with E-state index in [1.54, 1.807) is 96.1 Å². The first-order valence-corrected chi connectivity index (χ1v) is 42.6. The molecule has 3 aliphatic heterocycles. The SMILES string of the molecule is C#CC[C@H](C)C(=O)O.C#CC[C@H](C)C(=O)OC.CC(C)N=[N+]=[N-].COC(=O)[C@@H](C)Cc1cn(C(C)C)nn1.COC(=O)[C@@H](N)Cc1cn(C(C)C)nn1.COC(=O)c1c(Cl)cc2c(c1Cl)CCN(C(=O)OC(C)(C)C)C2.COC(=O)c1c(Cl)cc2c(c1Cl)CCN(C(=O)c1ccc3ccoc3c1)C2.COC(=O)c1c(Cl)cc2c(c1Cl)CCNC2.Cl.[Cu][I]. The predicted molar refractivity (Wildman–Crippen MR) is 474 cm³/mol. The molecule has 3 aliphatic rings. The number of methoxy groups -OCH3 is 6. The third-order valence-corrected chi connectivity index (χ3v) is 19.4. The standard InChI is InChI=1S/C20H15Cl2NO4.C16H19Cl2NO4.C11H11Cl2NO2.C10H17N3O2.C9H16N4O2.C7H10O2.C6H8O2.C3H7N3.ClH.Cu.HI/c1-26-20(25)17-15(21)8-13-10-23(6-4-14(13)18(17)22)19(24)12-3-2-11-5-7-27-16(11)9-12;1-16(2,3)23-15(21)19-6-5-10-9(8-19)7-11(17)12(13(10)18)14(20)22-4;1-16-11(15)9-8(12)4-6-5-14-3-2-7(6)10(9)13;1-7(2)13-6-9(11-12-13)5-8(3)10(14)15-4;1-6(2)13-5-7(11-12-13)4-8(10)9(14)15-3;1-4-5-6(2)7(8)9-3;1-3-4-5(2)6(7)8;1-3(2)5-6-4;;;/h2-3,5,7-9H,4,6,10H2,1H3;7H,5-6,8H2,1-4H3;4,14H,2-3,5H2,1H3;6-8H,5H2,1-4H3;5-6,8H,4,10H2,1-3H3;1,6H,5H2,2-3H3;1,5H,4H2,2H3,(H,7,8);3H,1-2H3;1H;;1H/q;;;;;;;;;+1;/p-1/t;;;2*8-;6-;5-;;;;/m...0000..../s1. The number of hydrogen-bond acceptors (Lipinski definition) is 24. The number of aromatic nitrogens is 6. The summed E-state index contributed by atoms with van der Waals surface area (Å²) < 4.78 is 42.0. The minimum atomic E-state index is -0.831. The molecule has 31 nitrogen and oxygen atoms in total. The van der Waals surface area contributed by atoms with Crippen LogP contribution < -0.4 is 11.1 Å². The van der Waals surface area contributed by atoms with Crippen molar-refractivity contribution >= 4 is 167 Å². The zero-order chi connectivity index (χ0) is 91.9. The molecule has 0 spiro atoms. The molecule has 0 radical (unpaired) electrons. The van der Waals surface area contributed by atoms with Gasteiger partial charge in [0, 0.05) is 105 Å². The van der Waals surface area contributed by atoms with Crippen molar-refractivity contribution in [1.82, 2.24) is 45.1 Å². The van der Waals surface area contributed by atoms with Crippen LogP contribution in [0.4, 0.5) is 4.79 Å².